The molecule has 24 heavy (non-hydrogen) atoms. The zero-order chi connectivity index (χ0) is 16.9. The number of para-hydroxylation sites is 3. The van der Waals surface area contributed by atoms with Crippen LogP contribution in [0.3, 0.4) is 0 Å². The Morgan fingerprint density at radius 2 is 1.67 bits per heavy atom. The van der Waals surface area contributed by atoms with Crippen LogP contribution in [0.2, 0.25) is 0 Å². The van der Waals surface area contributed by atoms with E-state index in [-0.39, 0.29) is 6.61 Å². The van der Waals surface area contributed by atoms with Crippen molar-refractivity contribution in [3.63, 3.8) is 0 Å². The number of hydrogen-bond donors (Lipinski definition) is 2. The van der Waals surface area contributed by atoms with Crippen LogP contribution in [0.1, 0.15) is 0 Å². The summed E-state index contributed by atoms with van der Waals surface area (Å²) in [5.41, 5.74) is 2.22. The fourth-order valence-corrected chi connectivity index (χ4v) is 2.77. The molecule has 0 aliphatic rings. The molecule has 0 spiro atoms. The minimum atomic E-state index is -0.706. The molecule has 1 heterocycles. The number of allylic oxidation sites excluding steroid dienone is 1. The Labute approximate surface area is 140 Å². The van der Waals surface area contributed by atoms with Gasteiger partial charge in [-0.15, -0.1) is 6.58 Å². The van der Waals surface area contributed by atoms with Gasteiger partial charge in [0, 0.05) is 6.54 Å². The van der Waals surface area contributed by atoms with Gasteiger partial charge in [-0.3, -0.25) is 5.41 Å². The number of aliphatic hydroxyl groups is 1. The predicted molar refractivity (Wildman–Crippen MR) is 93.9 cm³/mol. The molecule has 0 radical (unpaired) electrons. The van der Waals surface area contributed by atoms with Gasteiger partial charge in [-0.2, -0.15) is 0 Å². The first-order chi connectivity index (χ1) is 11.7. The average molecular weight is 323 g/mol. The highest BCUT2D eigenvalue weighted by Gasteiger charge is 2.13. The second-order valence-electron chi connectivity index (χ2n) is 5.60. The average Bonchev–Trinajstić information content (AvgIpc) is 2.87. The van der Waals surface area contributed by atoms with Gasteiger partial charge in [0.2, 0.25) is 5.62 Å². The molecule has 124 valence electrons. The van der Waals surface area contributed by atoms with Crippen LogP contribution in [-0.4, -0.2) is 27.0 Å². The number of benzene rings is 2. The van der Waals surface area contributed by atoms with E-state index in [0.717, 1.165) is 16.8 Å². The van der Waals surface area contributed by atoms with Gasteiger partial charge in [-0.1, -0.05) is 36.4 Å². The standard InChI is InChI=1S/C19H21N3O2/c1-2-12-21-17-10-6-7-11-18(17)22(19(21)20)13-15(23)14-24-16-8-4-3-5-9-16/h2-11,15,20,23H,1,12-14H2/t15-/m1/s1. The Balaban J connectivity index is 1.80. The number of imidazole rings is 1. The Morgan fingerprint density at radius 1 is 1.04 bits per heavy atom. The monoisotopic (exact) mass is 323 g/mol. The molecule has 0 saturated carbocycles. The summed E-state index contributed by atoms with van der Waals surface area (Å²) in [5, 5.41) is 18.7. The van der Waals surface area contributed by atoms with E-state index in [4.69, 9.17) is 10.1 Å². The second kappa shape index (κ2) is 7.19. The predicted octanol–water partition coefficient (Wildman–Crippen LogP) is 2.55. The molecule has 5 nitrogen and oxygen atoms in total. The third-order valence-corrected chi connectivity index (χ3v) is 3.87. The zero-order valence-corrected chi connectivity index (χ0v) is 13.4. The molecule has 0 amide bonds. The summed E-state index contributed by atoms with van der Waals surface area (Å²) in [5.74, 6) is 0.724. The van der Waals surface area contributed by atoms with E-state index in [2.05, 4.69) is 6.58 Å². The maximum atomic E-state index is 10.3. The highest BCUT2D eigenvalue weighted by atomic mass is 16.5. The van der Waals surface area contributed by atoms with Crippen molar-refractivity contribution in [3.05, 3.63) is 72.9 Å². The maximum Gasteiger partial charge on any atom is 0.203 e. The lowest BCUT2D eigenvalue weighted by Gasteiger charge is -2.13. The number of ether oxygens (including phenoxy) is 1. The van der Waals surface area contributed by atoms with E-state index in [1.165, 1.54) is 0 Å². The molecule has 2 aromatic carbocycles. The summed E-state index contributed by atoms with van der Waals surface area (Å²) < 4.78 is 9.27. The van der Waals surface area contributed by atoms with E-state index < -0.39 is 6.10 Å². The molecule has 1 aromatic heterocycles. The summed E-state index contributed by atoms with van der Waals surface area (Å²) in [6, 6.07) is 17.2. The van der Waals surface area contributed by atoms with Crippen LogP contribution in [0.25, 0.3) is 11.0 Å². The number of nitrogens with zero attached hydrogens (tertiary/aromatic N) is 2. The van der Waals surface area contributed by atoms with Crippen molar-refractivity contribution in [3.8, 4) is 5.75 Å². The van der Waals surface area contributed by atoms with Crippen molar-refractivity contribution in [2.75, 3.05) is 6.61 Å². The third-order valence-electron chi connectivity index (χ3n) is 3.87. The van der Waals surface area contributed by atoms with Crippen LogP contribution in [0, 0.1) is 5.41 Å². The van der Waals surface area contributed by atoms with Gasteiger partial charge < -0.3 is 19.0 Å². The molecule has 2 N–H and O–H groups in total. The molecule has 5 heteroatoms. The van der Waals surface area contributed by atoms with Crippen molar-refractivity contribution in [1.29, 1.82) is 5.41 Å². The molecule has 3 aromatic rings. The Bertz CT molecular complexity index is 881. The highest BCUT2D eigenvalue weighted by molar-refractivity contribution is 5.75. The minimum Gasteiger partial charge on any atom is -0.491 e. The van der Waals surface area contributed by atoms with Gasteiger partial charge in [0.15, 0.2) is 0 Å². The molecule has 0 bridgehead atoms. The van der Waals surface area contributed by atoms with E-state index in [1.54, 1.807) is 10.6 Å². The topological polar surface area (TPSA) is 63.2 Å². The fraction of sp³-hybridized carbons (Fsp3) is 0.211. The first kappa shape index (κ1) is 16.1. The fourth-order valence-electron chi connectivity index (χ4n) is 2.77. The molecular formula is C19H21N3O2. The first-order valence-corrected chi connectivity index (χ1v) is 7.90. The van der Waals surface area contributed by atoms with Crippen LogP contribution in [0.15, 0.2) is 67.3 Å². The van der Waals surface area contributed by atoms with Crippen LogP contribution in [-0.2, 0) is 13.1 Å². The lowest BCUT2D eigenvalue weighted by Crippen LogP contribution is -2.31. The quantitative estimate of drug-likeness (QED) is 0.656. The van der Waals surface area contributed by atoms with Gasteiger partial charge in [0.05, 0.1) is 17.6 Å². The van der Waals surface area contributed by atoms with E-state index in [0.29, 0.717) is 18.7 Å². The maximum absolute atomic E-state index is 10.3. The van der Waals surface area contributed by atoms with Crippen molar-refractivity contribution in [2.45, 2.75) is 19.2 Å². The molecule has 3 rings (SSSR count). The van der Waals surface area contributed by atoms with Crippen molar-refractivity contribution in [1.82, 2.24) is 9.13 Å². The third kappa shape index (κ3) is 3.26. The van der Waals surface area contributed by atoms with Gasteiger partial charge in [-0.05, 0) is 24.3 Å². The van der Waals surface area contributed by atoms with Gasteiger partial charge in [0.1, 0.15) is 18.5 Å². The summed E-state index contributed by atoms with van der Waals surface area (Å²) in [7, 11) is 0. The summed E-state index contributed by atoms with van der Waals surface area (Å²) >= 11 is 0. The second-order valence-corrected chi connectivity index (χ2v) is 5.60. The lowest BCUT2D eigenvalue weighted by molar-refractivity contribution is 0.0921. The molecule has 0 saturated heterocycles. The SMILES string of the molecule is C=CCn1c(=N)n(C[C@@H](O)COc2ccccc2)c2ccccc21. The van der Waals surface area contributed by atoms with Crippen LogP contribution in [0.4, 0.5) is 0 Å². The minimum absolute atomic E-state index is 0.178. The van der Waals surface area contributed by atoms with Gasteiger partial charge in [0.25, 0.3) is 0 Å². The number of nitrogens with one attached hydrogen (secondary N) is 1. The Hall–Kier alpha value is -2.79. The molecular weight excluding hydrogens is 302 g/mol. The van der Waals surface area contributed by atoms with Crippen molar-refractivity contribution < 1.29 is 9.84 Å². The molecule has 0 unspecified atom stereocenters. The summed E-state index contributed by atoms with van der Waals surface area (Å²) in [6.45, 7) is 4.79. The van der Waals surface area contributed by atoms with Crippen molar-refractivity contribution in [2.24, 2.45) is 0 Å². The first-order valence-electron chi connectivity index (χ1n) is 7.90. The zero-order valence-electron chi connectivity index (χ0n) is 13.4. The number of aliphatic hydroxyl groups excluding tert-OH is 1. The van der Waals surface area contributed by atoms with E-state index in [9.17, 15) is 5.11 Å². The normalized spacial score (nSPS) is 12.2. The largest absolute Gasteiger partial charge is 0.491 e. The van der Waals surface area contributed by atoms with E-state index in [1.807, 2.05) is 59.2 Å². The Kier molecular flexibility index (Phi) is 4.82. The molecule has 0 fully saturated rings. The van der Waals surface area contributed by atoms with Crippen LogP contribution >= 0.6 is 0 Å². The number of rotatable bonds is 7. The van der Waals surface area contributed by atoms with Gasteiger partial charge >= 0.3 is 0 Å². The Morgan fingerprint density at radius 3 is 2.33 bits per heavy atom. The van der Waals surface area contributed by atoms with Gasteiger partial charge in [-0.25, -0.2) is 0 Å². The number of hydrogen-bond acceptors (Lipinski definition) is 3. The highest BCUT2D eigenvalue weighted by Crippen LogP contribution is 2.14. The smallest absolute Gasteiger partial charge is 0.203 e. The number of aromatic nitrogens is 2. The summed E-state index contributed by atoms with van der Waals surface area (Å²) in [4.78, 5) is 0. The van der Waals surface area contributed by atoms with Crippen LogP contribution < -0.4 is 10.4 Å². The number of fused-ring (bicyclic) bond motifs is 1. The summed E-state index contributed by atoms with van der Waals surface area (Å²) in [6.07, 6.45) is 1.06. The lowest BCUT2D eigenvalue weighted by atomic mass is 10.3. The molecule has 0 aliphatic heterocycles. The molecule has 1 atom stereocenters. The van der Waals surface area contributed by atoms with Crippen molar-refractivity contribution >= 4 is 11.0 Å². The molecule has 0 aliphatic carbocycles. The van der Waals surface area contributed by atoms with Crippen LogP contribution in [0.5, 0.6) is 5.75 Å². The van der Waals surface area contributed by atoms with E-state index >= 15 is 0 Å².